The van der Waals surface area contributed by atoms with E-state index < -0.39 is 0 Å². The molecule has 0 fully saturated rings. The molecule has 13 heavy (non-hydrogen) atoms. The molecular formula is C11H22ClN. The number of halogens is 1. The standard InChI is InChI=1S/C11H22ClN/c1-10(2)8-13(7-5-6-12)9-11(3)4/h5-6,10-11H,7-9H2,1-4H3/b6-5+. The van der Waals surface area contributed by atoms with Crippen LogP contribution in [0.25, 0.3) is 0 Å². The SMILES string of the molecule is CC(C)CN(C/C=C/Cl)CC(C)C. The summed E-state index contributed by atoms with van der Waals surface area (Å²) in [5.74, 6) is 1.45. The third-order valence-corrected chi connectivity index (χ3v) is 1.88. The lowest BCUT2D eigenvalue weighted by atomic mass is 10.1. The highest BCUT2D eigenvalue weighted by atomic mass is 35.5. The van der Waals surface area contributed by atoms with Crippen molar-refractivity contribution in [1.29, 1.82) is 0 Å². The van der Waals surface area contributed by atoms with Crippen molar-refractivity contribution in [2.24, 2.45) is 11.8 Å². The molecule has 0 unspecified atom stereocenters. The van der Waals surface area contributed by atoms with E-state index in [-0.39, 0.29) is 0 Å². The van der Waals surface area contributed by atoms with E-state index in [1.807, 2.05) is 6.08 Å². The van der Waals surface area contributed by atoms with Crippen molar-refractivity contribution in [3.05, 3.63) is 11.6 Å². The van der Waals surface area contributed by atoms with Crippen molar-refractivity contribution < 1.29 is 0 Å². The number of rotatable bonds is 6. The summed E-state index contributed by atoms with van der Waals surface area (Å²) < 4.78 is 0. The summed E-state index contributed by atoms with van der Waals surface area (Å²) in [7, 11) is 0. The zero-order valence-electron chi connectivity index (χ0n) is 9.26. The summed E-state index contributed by atoms with van der Waals surface area (Å²) in [4.78, 5) is 2.44. The van der Waals surface area contributed by atoms with E-state index in [9.17, 15) is 0 Å². The average Bonchev–Trinajstić information content (AvgIpc) is 1.98. The van der Waals surface area contributed by atoms with Crippen molar-refractivity contribution in [2.75, 3.05) is 19.6 Å². The van der Waals surface area contributed by atoms with Crippen LogP contribution in [0.1, 0.15) is 27.7 Å². The summed E-state index contributed by atoms with van der Waals surface area (Å²) in [6.45, 7) is 12.3. The second-order valence-electron chi connectivity index (χ2n) is 4.37. The molecule has 0 amide bonds. The number of hydrogen-bond acceptors (Lipinski definition) is 1. The summed E-state index contributed by atoms with van der Waals surface area (Å²) in [5.41, 5.74) is 1.60. The molecule has 0 rings (SSSR count). The zero-order valence-corrected chi connectivity index (χ0v) is 10.0. The van der Waals surface area contributed by atoms with Crippen LogP contribution in [-0.4, -0.2) is 24.5 Å². The Labute approximate surface area is 87.8 Å². The van der Waals surface area contributed by atoms with Gasteiger partial charge in [0.2, 0.25) is 0 Å². The van der Waals surface area contributed by atoms with E-state index in [1.54, 1.807) is 5.54 Å². The maximum Gasteiger partial charge on any atom is 0.0174 e. The van der Waals surface area contributed by atoms with Gasteiger partial charge in [0.05, 0.1) is 0 Å². The van der Waals surface area contributed by atoms with Gasteiger partial charge >= 0.3 is 0 Å². The van der Waals surface area contributed by atoms with Crippen LogP contribution in [0.4, 0.5) is 0 Å². The van der Waals surface area contributed by atoms with Crippen molar-refractivity contribution in [2.45, 2.75) is 27.7 Å². The molecule has 0 aliphatic carbocycles. The van der Waals surface area contributed by atoms with Crippen LogP contribution >= 0.6 is 11.6 Å². The fraction of sp³-hybridized carbons (Fsp3) is 0.818. The molecule has 2 heteroatoms. The molecule has 0 atom stereocenters. The Morgan fingerprint density at radius 2 is 1.54 bits per heavy atom. The van der Waals surface area contributed by atoms with Gasteiger partial charge in [0.25, 0.3) is 0 Å². The molecule has 0 aromatic heterocycles. The van der Waals surface area contributed by atoms with Gasteiger partial charge < -0.3 is 0 Å². The fourth-order valence-electron chi connectivity index (χ4n) is 1.45. The Bertz CT molecular complexity index is 131. The van der Waals surface area contributed by atoms with Gasteiger partial charge in [-0.3, -0.25) is 4.90 Å². The fourth-order valence-corrected chi connectivity index (χ4v) is 1.52. The predicted octanol–water partition coefficient (Wildman–Crippen LogP) is 3.35. The molecule has 0 saturated carbocycles. The maximum absolute atomic E-state index is 5.51. The maximum atomic E-state index is 5.51. The Morgan fingerprint density at radius 3 is 1.85 bits per heavy atom. The molecule has 1 nitrogen and oxygen atoms in total. The van der Waals surface area contributed by atoms with Crippen molar-refractivity contribution >= 4 is 11.6 Å². The van der Waals surface area contributed by atoms with Gasteiger partial charge in [-0.25, -0.2) is 0 Å². The van der Waals surface area contributed by atoms with Crippen LogP contribution in [0.5, 0.6) is 0 Å². The van der Waals surface area contributed by atoms with Crippen molar-refractivity contribution in [1.82, 2.24) is 4.90 Å². The smallest absolute Gasteiger partial charge is 0.0174 e. The van der Waals surface area contributed by atoms with Gasteiger partial charge in [-0.05, 0) is 11.8 Å². The average molecular weight is 204 g/mol. The first kappa shape index (κ1) is 13.0. The minimum Gasteiger partial charge on any atom is -0.299 e. The molecule has 0 radical (unpaired) electrons. The quantitative estimate of drug-likeness (QED) is 0.640. The Kier molecular flexibility index (Phi) is 7.39. The Hall–Kier alpha value is -0.0100. The molecule has 78 valence electrons. The highest BCUT2D eigenvalue weighted by Gasteiger charge is 2.07. The van der Waals surface area contributed by atoms with Crippen LogP contribution < -0.4 is 0 Å². The van der Waals surface area contributed by atoms with Gasteiger partial charge in [0, 0.05) is 25.2 Å². The van der Waals surface area contributed by atoms with E-state index in [4.69, 9.17) is 11.6 Å². The largest absolute Gasteiger partial charge is 0.299 e. The van der Waals surface area contributed by atoms with Crippen LogP contribution in [0, 0.1) is 11.8 Å². The van der Waals surface area contributed by atoms with E-state index in [2.05, 4.69) is 32.6 Å². The van der Waals surface area contributed by atoms with Crippen LogP contribution in [0.3, 0.4) is 0 Å². The molecule has 0 aliphatic rings. The normalized spacial score (nSPS) is 12.6. The van der Waals surface area contributed by atoms with Crippen molar-refractivity contribution in [3.63, 3.8) is 0 Å². The van der Waals surface area contributed by atoms with Gasteiger partial charge in [0.15, 0.2) is 0 Å². The van der Waals surface area contributed by atoms with Crippen LogP contribution in [0.15, 0.2) is 11.6 Å². The third-order valence-electron chi connectivity index (χ3n) is 1.70. The Balaban J connectivity index is 3.87. The minimum atomic E-state index is 0.725. The van der Waals surface area contributed by atoms with E-state index in [0.29, 0.717) is 0 Å². The molecule has 0 aromatic rings. The minimum absolute atomic E-state index is 0.725. The second-order valence-corrected chi connectivity index (χ2v) is 4.62. The lowest BCUT2D eigenvalue weighted by molar-refractivity contribution is 0.241. The summed E-state index contributed by atoms with van der Waals surface area (Å²) in [6.07, 6.45) is 2.01. The lowest BCUT2D eigenvalue weighted by Crippen LogP contribution is -2.31. The zero-order chi connectivity index (χ0) is 10.3. The molecule has 0 saturated heterocycles. The topological polar surface area (TPSA) is 3.24 Å². The first-order valence-corrected chi connectivity index (χ1v) is 5.47. The third kappa shape index (κ3) is 8.32. The lowest BCUT2D eigenvalue weighted by Gasteiger charge is -2.24. The molecule has 0 bridgehead atoms. The number of nitrogens with zero attached hydrogens (tertiary/aromatic N) is 1. The summed E-state index contributed by atoms with van der Waals surface area (Å²) in [5, 5.41) is 0. The summed E-state index contributed by atoms with van der Waals surface area (Å²) in [6, 6.07) is 0. The van der Waals surface area contributed by atoms with E-state index in [0.717, 1.165) is 31.5 Å². The first-order chi connectivity index (χ1) is 6.06. The molecule has 0 aliphatic heterocycles. The monoisotopic (exact) mass is 203 g/mol. The first-order valence-electron chi connectivity index (χ1n) is 5.03. The Morgan fingerprint density at radius 1 is 1.08 bits per heavy atom. The van der Waals surface area contributed by atoms with Gasteiger partial charge in [0.1, 0.15) is 0 Å². The second kappa shape index (κ2) is 7.40. The van der Waals surface area contributed by atoms with Gasteiger partial charge in [-0.2, -0.15) is 0 Å². The molecule has 0 heterocycles. The molecule has 0 N–H and O–H groups in total. The van der Waals surface area contributed by atoms with E-state index in [1.165, 1.54) is 0 Å². The molecule has 0 spiro atoms. The highest BCUT2D eigenvalue weighted by Crippen LogP contribution is 2.03. The van der Waals surface area contributed by atoms with Crippen LogP contribution in [-0.2, 0) is 0 Å². The van der Waals surface area contributed by atoms with Crippen LogP contribution in [0.2, 0.25) is 0 Å². The highest BCUT2D eigenvalue weighted by molar-refractivity contribution is 6.25. The van der Waals surface area contributed by atoms with Gasteiger partial charge in [-0.15, -0.1) is 0 Å². The molecular weight excluding hydrogens is 182 g/mol. The molecule has 0 aromatic carbocycles. The van der Waals surface area contributed by atoms with Gasteiger partial charge in [-0.1, -0.05) is 45.4 Å². The van der Waals surface area contributed by atoms with Crippen molar-refractivity contribution in [3.8, 4) is 0 Å². The predicted molar refractivity (Wildman–Crippen MR) is 61.1 cm³/mol. The van der Waals surface area contributed by atoms with E-state index >= 15 is 0 Å². The summed E-state index contributed by atoms with van der Waals surface area (Å²) >= 11 is 5.51. The number of hydrogen-bond donors (Lipinski definition) is 0.